The number of amides is 1. The lowest BCUT2D eigenvalue weighted by molar-refractivity contribution is -0.133. The maximum absolute atomic E-state index is 13.3. The summed E-state index contributed by atoms with van der Waals surface area (Å²) >= 11 is 0. The molecule has 0 aliphatic carbocycles. The number of nitrogens with one attached hydrogen (secondary N) is 1. The summed E-state index contributed by atoms with van der Waals surface area (Å²) in [7, 11) is 0. The Kier molecular flexibility index (Phi) is 6.75. The average molecular weight is 510 g/mol. The number of piperazine rings is 1. The standard InChI is InChI=1S/C31H35N5O2/c1-21-17-26-18-24(25-6-8-27-28(19-25)34-22(2)33-27)7-9-29(26)38-16-10-23(21)20-31(37)36-14-12-35(13-15-36)30-5-3-4-11-32-30/h3-9,11,18-19,21,23H,10,12-17,20H2,1-2H3,(H,33,34). The van der Waals surface area contributed by atoms with Gasteiger partial charge in [-0.2, -0.15) is 0 Å². The predicted molar refractivity (Wildman–Crippen MR) is 150 cm³/mol. The Morgan fingerprint density at radius 1 is 1.05 bits per heavy atom. The summed E-state index contributed by atoms with van der Waals surface area (Å²) in [6.07, 6.45) is 4.21. The van der Waals surface area contributed by atoms with Crippen molar-refractivity contribution in [1.82, 2.24) is 19.9 Å². The van der Waals surface area contributed by atoms with E-state index >= 15 is 0 Å². The van der Waals surface area contributed by atoms with Crippen molar-refractivity contribution in [2.45, 2.75) is 33.1 Å². The first-order valence-corrected chi connectivity index (χ1v) is 13.7. The number of carbonyl (C=O) groups is 1. The van der Waals surface area contributed by atoms with Crippen molar-refractivity contribution in [2.24, 2.45) is 11.8 Å². The monoisotopic (exact) mass is 509 g/mol. The van der Waals surface area contributed by atoms with Crippen LogP contribution in [0.2, 0.25) is 0 Å². The number of fused-ring (bicyclic) bond motifs is 2. The third-order valence-corrected chi connectivity index (χ3v) is 8.13. The average Bonchev–Trinajstić information content (AvgIpc) is 3.32. The Morgan fingerprint density at radius 3 is 2.68 bits per heavy atom. The van der Waals surface area contributed by atoms with Crippen LogP contribution in [0, 0.1) is 18.8 Å². The highest BCUT2D eigenvalue weighted by molar-refractivity contribution is 5.82. The SMILES string of the molecule is Cc1nc2ccc(-c3ccc4c(c3)CC(C)C(CC(=O)N3CCN(c5ccccn5)CC3)CCO4)cc2[nH]1. The highest BCUT2D eigenvalue weighted by Gasteiger charge is 2.28. The van der Waals surface area contributed by atoms with Crippen LogP contribution >= 0.6 is 0 Å². The van der Waals surface area contributed by atoms with Gasteiger partial charge in [-0.25, -0.2) is 9.97 Å². The molecule has 196 valence electrons. The number of H-pyrrole nitrogens is 1. The molecule has 1 saturated heterocycles. The molecule has 1 N–H and O–H groups in total. The second-order valence-electron chi connectivity index (χ2n) is 10.7. The van der Waals surface area contributed by atoms with E-state index in [1.54, 1.807) is 0 Å². The van der Waals surface area contributed by atoms with Gasteiger partial charge in [0.2, 0.25) is 5.91 Å². The zero-order chi connectivity index (χ0) is 26.1. The smallest absolute Gasteiger partial charge is 0.222 e. The third kappa shape index (κ3) is 5.10. The molecule has 2 aliphatic rings. The molecular formula is C31H35N5O2. The lowest BCUT2D eigenvalue weighted by Crippen LogP contribution is -2.49. The zero-order valence-corrected chi connectivity index (χ0v) is 22.2. The van der Waals surface area contributed by atoms with Crippen LogP contribution in [0.1, 0.15) is 31.2 Å². The summed E-state index contributed by atoms with van der Waals surface area (Å²) in [5.41, 5.74) is 5.59. The summed E-state index contributed by atoms with van der Waals surface area (Å²) in [5, 5.41) is 0. The van der Waals surface area contributed by atoms with Crippen molar-refractivity contribution in [2.75, 3.05) is 37.7 Å². The molecule has 0 spiro atoms. The summed E-state index contributed by atoms with van der Waals surface area (Å²) in [4.78, 5) is 29.9. The van der Waals surface area contributed by atoms with Crippen molar-refractivity contribution >= 4 is 22.8 Å². The molecule has 2 aromatic heterocycles. The molecule has 4 aromatic rings. The number of imidazole rings is 1. The molecule has 0 saturated carbocycles. The van der Waals surface area contributed by atoms with E-state index in [0.29, 0.717) is 24.9 Å². The Morgan fingerprint density at radius 2 is 1.87 bits per heavy atom. The van der Waals surface area contributed by atoms with Crippen molar-refractivity contribution in [1.29, 1.82) is 0 Å². The van der Waals surface area contributed by atoms with Gasteiger partial charge in [0, 0.05) is 38.8 Å². The molecular weight excluding hydrogens is 474 g/mol. The predicted octanol–water partition coefficient (Wildman–Crippen LogP) is 5.25. The number of rotatable bonds is 4. The quantitative estimate of drug-likeness (QED) is 0.407. The van der Waals surface area contributed by atoms with Crippen LogP contribution in [0.15, 0.2) is 60.8 Å². The van der Waals surface area contributed by atoms with Crippen molar-refractivity contribution in [3.8, 4) is 16.9 Å². The minimum atomic E-state index is 0.264. The van der Waals surface area contributed by atoms with Gasteiger partial charge in [-0.3, -0.25) is 4.79 Å². The van der Waals surface area contributed by atoms with Crippen LogP contribution in [-0.4, -0.2) is 58.5 Å². The first-order valence-electron chi connectivity index (χ1n) is 13.7. The molecule has 7 heteroatoms. The van der Waals surface area contributed by atoms with E-state index in [4.69, 9.17) is 4.74 Å². The number of carbonyl (C=O) groups excluding carboxylic acids is 1. The highest BCUT2D eigenvalue weighted by Crippen LogP contribution is 2.35. The maximum Gasteiger partial charge on any atom is 0.222 e. The van der Waals surface area contributed by atoms with E-state index in [-0.39, 0.29) is 5.91 Å². The van der Waals surface area contributed by atoms with Crippen molar-refractivity contribution in [3.05, 3.63) is 72.2 Å². The lowest BCUT2D eigenvalue weighted by atomic mass is 9.82. The van der Waals surface area contributed by atoms with Crippen LogP contribution in [0.5, 0.6) is 5.75 Å². The van der Waals surface area contributed by atoms with Crippen molar-refractivity contribution < 1.29 is 9.53 Å². The van der Waals surface area contributed by atoms with Crippen molar-refractivity contribution in [3.63, 3.8) is 0 Å². The van der Waals surface area contributed by atoms with Gasteiger partial charge >= 0.3 is 0 Å². The summed E-state index contributed by atoms with van der Waals surface area (Å²) in [6.45, 7) is 8.06. The van der Waals surface area contributed by atoms with Gasteiger partial charge in [0.25, 0.3) is 0 Å². The minimum Gasteiger partial charge on any atom is -0.493 e. The molecule has 2 aromatic carbocycles. The van der Waals surface area contributed by atoms with Crippen LogP contribution in [-0.2, 0) is 11.2 Å². The lowest BCUT2D eigenvalue weighted by Gasteiger charge is -2.36. The van der Waals surface area contributed by atoms with Gasteiger partial charge < -0.3 is 19.5 Å². The van der Waals surface area contributed by atoms with Gasteiger partial charge in [-0.1, -0.05) is 25.1 Å². The fourth-order valence-electron chi connectivity index (χ4n) is 5.88. The maximum atomic E-state index is 13.3. The molecule has 7 nitrogen and oxygen atoms in total. The molecule has 4 heterocycles. The Bertz CT molecular complexity index is 1420. The van der Waals surface area contributed by atoms with Crippen LogP contribution < -0.4 is 9.64 Å². The van der Waals surface area contributed by atoms with E-state index in [1.807, 2.05) is 36.2 Å². The number of benzene rings is 2. The topological polar surface area (TPSA) is 74.3 Å². The summed E-state index contributed by atoms with van der Waals surface area (Å²) in [6, 6.07) is 18.9. The van der Waals surface area contributed by atoms with Gasteiger partial charge in [-0.05, 0) is 84.7 Å². The number of aryl methyl sites for hydroxylation is 1. The van der Waals surface area contributed by atoms with Gasteiger partial charge in [-0.15, -0.1) is 0 Å². The molecule has 1 amide bonds. The highest BCUT2D eigenvalue weighted by atomic mass is 16.5. The number of anilines is 1. The number of nitrogens with zero attached hydrogens (tertiary/aromatic N) is 4. The molecule has 1 fully saturated rings. The number of hydrogen-bond donors (Lipinski definition) is 1. The van der Waals surface area contributed by atoms with Crippen LogP contribution in [0.25, 0.3) is 22.2 Å². The van der Waals surface area contributed by atoms with Gasteiger partial charge in [0.1, 0.15) is 17.4 Å². The first kappa shape index (κ1) is 24.5. The second-order valence-corrected chi connectivity index (χ2v) is 10.7. The zero-order valence-electron chi connectivity index (χ0n) is 22.2. The Hall–Kier alpha value is -3.87. The molecule has 0 bridgehead atoms. The number of aromatic amines is 1. The summed E-state index contributed by atoms with van der Waals surface area (Å²) < 4.78 is 6.21. The Labute approximate surface area is 223 Å². The molecule has 0 radical (unpaired) electrons. The number of hydrogen-bond acceptors (Lipinski definition) is 5. The fourth-order valence-corrected chi connectivity index (χ4v) is 5.88. The largest absolute Gasteiger partial charge is 0.493 e. The number of aromatic nitrogens is 3. The molecule has 38 heavy (non-hydrogen) atoms. The molecule has 6 rings (SSSR count). The molecule has 2 atom stereocenters. The van der Waals surface area contributed by atoms with E-state index in [2.05, 4.69) is 63.2 Å². The first-order chi connectivity index (χ1) is 18.5. The Balaban J connectivity index is 1.11. The van der Waals surface area contributed by atoms with Gasteiger partial charge in [0.15, 0.2) is 0 Å². The summed E-state index contributed by atoms with van der Waals surface area (Å²) in [5.74, 6) is 3.84. The fraction of sp³-hybridized carbons (Fsp3) is 0.387. The van der Waals surface area contributed by atoms with Crippen LogP contribution in [0.3, 0.4) is 0 Å². The van der Waals surface area contributed by atoms with E-state index < -0.39 is 0 Å². The minimum absolute atomic E-state index is 0.264. The number of pyridine rings is 1. The second kappa shape index (κ2) is 10.5. The van der Waals surface area contributed by atoms with E-state index in [1.165, 1.54) is 11.1 Å². The molecule has 2 aliphatic heterocycles. The van der Waals surface area contributed by atoms with E-state index in [0.717, 1.165) is 73.0 Å². The van der Waals surface area contributed by atoms with Crippen LogP contribution in [0.4, 0.5) is 5.82 Å². The number of ether oxygens (including phenoxy) is 1. The molecule has 2 unspecified atom stereocenters. The van der Waals surface area contributed by atoms with Gasteiger partial charge in [0.05, 0.1) is 17.6 Å². The normalized spacial score (nSPS) is 19.9. The third-order valence-electron chi connectivity index (χ3n) is 8.13. The van der Waals surface area contributed by atoms with E-state index in [9.17, 15) is 4.79 Å².